The Kier molecular flexibility index (Phi) is 4.53. The molecular weight excluding hydrogens is 295 g/mol. The number of ether oxygens (including phenoxy) is 1. The molecule has 0 aliphatic rings. The minimum atomic E-state index is -0.527. The molecule has 0 bridgehead atoms. The van der Waals surface area contributed by atoms with Crippen molar-refractivity contribution in [2.45, 2.75) is 26.5 Å². The van der Waals surface area contributed by atoms with Crippen molar-refractivity contribution in [3.63, 3.8) is 0 Å². The van der Waals surface area contributed by atoms with Crippen LogP contribution < -0.4 is 5.73 Å². The van der Waals surface area contributed by atoms with Gasteiger partial charge in [0.05, 0.1) is 5.69 Å². The van der Waals surface area contributed by atoms with E-state index in [9.17, 15) is 9.18 Å². The first kappa shape index (κ1) is 15.4. The van der Waals surface area contributed by atoms with Gasteiger partial charge in [-0.2, -0.15) is 0 Å². The van der Waals surface area contributed by atoms with Crippen LogP contribution in [0.25, 0.3) is 0 Å². The van der Waals surface area contributed by atoms with Gasteiger partial charge in [-0.3, -0.25) is 0 Å². The highest BCUT2D eigenvalue weighted by Crippen LogP contribution is 2.20. The quantitative estimate of drug-likeness (QED) is 0.874. The molecule has 0 aliphatic heterocycles. The van der Waals surface area contributed by atoms with Gasteiger partial charge >= 0.3 is 5.97 Å². The molecule has 4 nitrogen and oxygen atoms in total. The summed E-state index contributed by atoms with van der Waals surface area (Å²) in [6, 6.07) is 5.54. The van der Waals surface area contributed by atoms with E-state index in [4.69, 9.17) is 22.1 Å². The molecule has 0 aliphatic carbocycles. The largest absolute Gasteiger partial charge is 0.456 e. The number of carbonyl (C=O) groups is 1. The van der Waals surface area contributed by atoms with Gasteiger partial charge in [-0.05, 0) is 38.1 Å². The number of nitrogens with two attached hydrogens (primary N) is 1. The monoisotopic (exact) mass is 310 g/mol. The van der Waals surface area contributed by atoms with Gasteiger partial charge in [-0.15, -0.1) is 0 Å². The SMILES string of the molecule is CC(C)n1cc(N)cc1C(=O)OCc1cc(F)ccc1Cl. The first-order valence-electron chi connectivity index (χ1n) is 6.47. The third-order valence-corrected chi connectivity index (χ3v) is 3.37. The lowest BCUT2D eigenvalue weighted by Crippen LogP contribution is -2.13. The molecule has 2 aromatic rings. The second-order valence-corrected chi connectivity index (χ2v) is 5.38. The zero-order valence-electron chi connectivity index (χ0n) is 11.8. The number of aromatic nitrogens is 1. The third-order valence-electron chi connectivity index (χ3n) is 3.00. The van der Waals surface area contributed by atoms with Crippen molar-refractivity contribution in [2.24, 2.45) is 0 Å². The summed E-state index contributed by atoms with van der Waals surface area (Å²) in [5.74, 6) is -0.957. The first-order chi connectivity index (χ1) is 9.88. The fourth-order valence-electron chi connectivity index (χ4n) is 1.96. The van der Waals surface area contributed by atoms with Crippen LogP contribution in [-0.2, 0) is 11.3 Å². The van der Waals surface area contributed by atoms with Crippen LogP contribution in [-0.4, -0.2) is 10.5 Å². The van der Waals surface area contributed by atoms with Gasteiger partial charge in [0, 0.05) is 22.8 Å². The van der Waals surface area contributed by atoms with Crippen LogP contribution in [0.3, 0.4) is 0 Å². The Bertz CT molecular complexity index is 668. The number of rotatable bonds is 4. The second kappa shape index (κ2) is 6.18. The standard InChI is InChI=1S/C15H16ClFN2O2/c1-9(2)19-7-12(18)6-14(19)15(20)21-8-10-5-11(17)3-4-13(10)16/h3-7,9H,8,18H2,1-2H3. The minimum absolute atomic E-state index is 0.0719. The lowest BCUT2D eigenvalue weighted by Gasteiger charge is -2.12. The van der Waals surface area contributed by atoms with Crippen molar-refractivity contribution in [2.75, 3.05) is 5.73 Å². The maximum atomic E-state index is 13.1. The number of hydrogen-bond donors (Lipinski definition) is 1. The van der Waals surface area contributed by atoms with Gasteiger partial charge in [0.25, 0.3) is 0 Å². The molecule has 0 fully saturated rings. The highest BCUT2D eigenvalue weighted by molar-refractivity contribution is 6.31. The molecule has 0 atom stereocenters. The molecule has 1 aromatic heterocycles. The van der Waals surface area contributed by atoms with Crippen LogP contribution in [0.1, 0.15) is 35.9 Å². The number of halogens is 2. The van der Waals surface area contributed by atoms with E-state index < -0.39 is 11.8 Å². The van der Waals surface area contributed by atoms with Gasteiger partial charge in [-0.1, -0.05) is 11.6 Å². The second-order valence-electron chi connectivity index (χ2n) is 4.97. The van der Waals surface area contributed by atoms with E-state index in [0.29, 0.717) is 22.0 Å². The first-order valence-corrected chi connectivity index (χ1v) is 6.84. The van der Waals surface area contributed by atoms with Crippen molar-refractivity contribution in [3.05, 3.63) is 52.6 Å². The normalized spacial score (nSPS) is 10.9. The Hall–Kier alpha value is -2.01. The molecule has 0 unspecified atom stereocenters. The number of carbonyl (C=O) groups excluding carboxylic acids is 1. The highest BCUT2D eigenvalue weighted by atomic mass is 35.5. The van der Waals surface area contributed by atoms with Crippen LogP contribution in [0.2, 0.25) is 5.02 Å². The van der Waals surface area contributed by atoms with E-state index in [-0.39, 0.29) is 12.6 Å². The Balaban J connectivity index is 2.14. The van der Waals surface area contributed by atoms with Gasteiger partial charge in [0.15, 0.2) is 0 Å². The predicted octanol–water partition coefficient (Wildman–Crippen LogP) is 3.80. The van der Waals surface area contributed by atoms with Gasteiger partial charge in [-0.25, -0.2) is 9.18 Å². The molecular formula is C15H16ClFN2O2. The van der Waals surface area contributed by atoms with Crippen LogP contribution in [0.4, 0.5) is 10.1 Å². The number of esters is 1. The number of anilines is 1. The molecule has 0 saturated heterocycles. The van der Waals surface area contributed by atoms with Crippen LogP contribution >= 0.6 is 11.6 Å². The number of nitrogen functional groups attached to an aromatic ring is 1. The molecule has 2 N–H and O–H groups in total. The van der Waals surface area contributed by atoms with Crippen LogP contribution in [0, 0.1) is 5.82 Å². The lowest BCUT2D eigenvalue weighted by molar-refractivity contribution is 0.0458. The zero-order valence-corrected chi connectivity index (χ0v) is 12.5. The summed E-state index contributed by atoms with van der Waals surface area (Å²) in [6.07, 6.45) is 1.68. The number of hydrogen-bond acceptors (Lipinski definition) is 3. The summed E-state index contributed by atoms with van der Waals surface area (Å²) in [5.41, 5.74) is 6.97. The van der Waals surface area contributed by atoms with Crippen molar-refractivity contribution in [1.82, 2.24) is 4.57 Å². The maximum Gasteiger partial charge on any atom is 0.355 e. The molecule has 0 radical (unpaired) electrons. The predicted molar refractivity (Wildman–Crippen MR) is 79.8 cm³/mol. The maximum absolute atomic E-state index is 13.1. The fraction of sp³-hybridized carbons (Fsp3) is 0.267. The van der Waals surface area contributed by atoms with E-state index in [2.05, 4.69) is 0 Å². The molecule has 2 rings (SSSR count). The Morgan fingerprint density at radius 1 is 1.43 bits per heavy atom. The Morgan fingerprint density at radius 3 is 2.81 bits per heavy atom. The van der Waals surface area contributed by atoms with E-state index in [1.54, 1.807) is 16.8 Å². The van der Waals surface area contributed by atoms with E-state index in [1.807, 2.05) is 13.8 Å². The summed E-state index contributed by atoms with van der Waals surface area (Å²) in [5, 5.41) is 0.350. The van der Waals surface area contributed by atoms with Crippen molar-refractivity contribution in [1.29, 1.82) is 0 Å². The summed E-state index contributed by atoms with van der Waals surface area (Å²) in [4.78, 5) is 12.1. The minimum Gasteiger partial charge on any atom is -0.456 e. The van der Waals surface area contributed by atoms with Crippen molar-refractivity contribution < 1.29 is 13.9 Å². The smallest absolute Gasteiger partial charge is 0.355 e. The Labute approximate surface area is 127 Å². The molecule has 6 heteroatoms. The lowest BCUT2D eigenvalue weighted by atomic mass is 10.2. The molecule has 1 heterocycles. The summed E-state index contributed by atoms with van der Waals surface area (Å²) in [7, 11) is 0. The third kappa shape index (κ3) is 3.55. The fourth-order valence-corrected chi connectivity index (χ4v) is 2.13. The van der Waals surface area contributed by atoms with E-state index >= 15 is 0 Å². The molecule has 1 aromatic carbocycles. The summed E-state index contributed by atoms with van der Waals surface area (Å²) >= 11 is 5.93. The van der Waals surface area contributed by atoms with E-state index in [1.165, 1.54) is 18.2 Å². The Morgan fingerprint density at radius 2 is 2.14 bits per heavy atom. The van der Waals surface area contributed by atoms with Gasteiger partial charge in [0.1, 0.15) is 18.1 Å². The van der Waals surface area contributed by atoms with Crippen LogP contribution in [0.5, 0.6) is 0 Å². The molecule has 0 spiro atoms. The average molecular weight is 311 g/mol. The molecule has 0 saturated carbocycles. The van der Waals surface area contributed by atoms with E-state index in [0.717, 1.165) is 0 Å². The van der Waals surface area contributed by atoms with Crippen molar-refractivity contribution in [3.8, 4) is 0 Å². The highest BCUT2D eigenvalue weighted by Gasteiger charge is 2.17. The van der Waals surface area contributed by atoms with Crippen molar-refractivity contribution >= 4 is 23.3 Å². The zero-order chi connectivity index (χ0) is 15.6. The summed E-state index contributed by atoms with van der Waals surface area (Å²) in [6.45, 7) is 3.76. The molecule has 0 amide bonds. The molecule has 21 heavy (non-hydrogen) atoms. The molecule has 112 valence electrons. The van der Waals surface area contributed by atoms with Gasteiger partial charge < -0.3 is 15.0 Å². The van der Waals surface area contributed by atoms with Crippen LogP contribution in [0.15, 0.2) is 30.5 Å². The number of benzene rings is 1. The number of nitrogens with zero attached hydrogens (tertiary/aromatic N) is 1. The summed E-state index contributed by atoms with van der Waals surface area (Å²) < 4.78 is 20.1. The average Bonchev–Trinajstić information content (AvgIpc) is 2.82. The topological polar surface area (TPSA) is 57.2 Å². The van der Waals surface area contributed by atoms with Gasteiger partial charge in [0.2, 0.25) is 0 Å².